The smallest absolute Gasteiger partial charge is 0.226 e. The van der Waals surface area contributed by atoms with E-state index in [1.165, 1.54) is 25.9 Å². The van der Waals surface area contributed by atoms with Gasteiger partial charge in [0.25, 0.3) is 0 Å². The van der Waals surface area contributed by atoms with Crippen molar-refractivity contribution in [1.82, 2.24) is 14.9 Å². The van der Waals surface area contributed by atoms with Crippen LogP contribution in [0.4, 0.5) is 5.95 Å². The lowest BCUT2D eigenvalue weighted by Gasteiger charge is -2.15. The number of nitrogens with zero attached hydrogens (tertiary/aromatic N) is 3. The van der Waals surface area contributed by atoms with Crippen LogP contribution in [0.25, 0.3) is 0 Å². The summed E-state index contributed by atoms with van der Waals surface area (Å²) in [4.78, 5) is 11.2. The van der Waals surface area contributed by atoms with Crippen LogP contribution in [0.15, 0.2) is 6.07 Å². The predicted molar refractivity (Wildman–Crippen MR) is 76.7 cm³/mol. The van der Waals surface area contributed by atoms with Crippen LogP contribution in [-0.2, 0) is 0 Å². The Morgan fingerprint density at radius 3 is 2.74 bits per heavy atom. The van der Waals surface area contributed by atoms with Crippen molar-refractivity contribution in [2.45, 2.75) is 39.7 Å². The third-order valence-corrected chi connectivity index (χ3v) is 3.10. The highest BCUT2D eigenvalue weighted by molar-refractivity contribution is 5.30. The fraction of sp³-hybridized carbons (Fsp3) is 0.714. The average Bonchev–Trinajstić information content (AvgIpc) is 2.80. The maximum atomic E-state index is 5.61. The summed E-state index contributed by atoms with van der Waals surface area (Å²) in [5, 5.41) is 3.28. The van der Waals surface area contributed by atoms with Crippen LogP contribution < -0.4 is 10.1 Å². The second kappa shape index (κ2) is 6.70. The maximum absolute atomic E-state index is 5.61. The van der Waals surface area contributed by atoms with E-state index in [1.807, 2.05) is 26.8 Å². The molecule has 2 heterocycles. The normalized spacial score (nSPS) is 16.0. The molecule has 1 saturated heterocycles. The molecule has 2 rings (SSSR count). The Morgan fingerprint density at radius 1 is 1.32 bits per heavy atom. The summed E-state index contributed by atoms with van der Waals surface area (Å²) >= 11 is 0. The molecule has 1 aliphatic heterocycles. The average molecular weight is 264 g/mol. The number of anilines is 1. The van der Waals surface area contributed by atoms with Crippen molar-refractivity contribution in [3.63, 3.8) is 0 Å². The first-order chi connectivity index (χ1) is 9.13. The van der Waals surface area contributed by atoms with Crippen molar-refractivity contribution in [2.24, 2.45) is 0 Å². The number of nitrogens with one attached hydrogen (secondary N) is 1. The molecule has 0 unspecified atom stereocenters. The van der Waals surface area contributed by atoms with Gasteiger partial charge in [0, 0.05) is 24.8 Å². The zero-order valence-corrected chi connectivity index (χ0v) is 12.1. The van der Waals surface area contributed by atoms with E-state index in [0.29, 0.717) is 11.8 Å². The molecule has 0 amide bonds. The highest BCUT2D eigenvalue weighted by Gasteiger charge is 2.11. The summed E-state index contributed by atoms with van der Waals surface area (Å²) in [6.07, 6.45) is 2.78. The van der Waals surface area contributed by atoms with Gasteiger partial charge in [0.1, 0.15) is 0 Å². The van der Waals surface area contributed by atoms with Gasteiger partial charge in [0.2, 0.25) is 11.8 Å². The zero-order valence-electron chi connectivity index (χ0n) is 12.1. The van der Waals surface area contributed by atoms with Crippen molar-refractivity contribution in [2.75, 3.05) is 31.5 Å². The molecule has 0 radical (unpaired) electrons. The molecular formula is C14H24N4O. The number of aromatic nitrogens is 2. The molecule has 19 heavy (non-hydrogen) atoms. The molecule has 1 fully saturated rings. The fourth-order valence-corrected chi connectivity index (χ4v) is 2.25. The Labute approximate surface area is 115 Å². The molecule has 0 aromatic carbocycles. The van der Waals surface area contributed by atoms with Gasteiger partial charge in [0.15, 0.2) is 0 Å². The van der Waals surface area contributed by atoms with Gasteiger partial charge in [-0.3, -0.25) is 0 Å². The molecule has 106 valence electrons. The molecule has 5 nitrogen and oxygen atoms in total. The van der Waals surface area contributed by atoms with E-state index in [4.69, 9.17) is 4.74 Å². The third-order valence-electron chi connectivity index (χ3n) is 3.10. The first-order valence-electron chi connectivity index (χ1n) is 7.12. The van der Waals surface area contributed by atoms with Gasteiger partial charge in [-0.25, -0.2) is 4.98 Å². The van der Waals surface area contributed by atoms with Crippen molar-refractivity contribution in [3.05, 3.63) is 11.8 Å². The van der Waals surface area contributed by atoms with Crippen LogP contribution >= 0.6 is 0 Å². The summed E-state index contributed by atoms with van der Waals surface area (Å²) in [6.45, 7) is 10.3. The lowest BCUT2D eigenvalue weighted by Crippen LogP contribution is -2.26. The standard InChI is InChI=1S/C14H24N4O/c1-11(2)19-13-10-12(3)16-14(17-13)15-6-9-18-7-4-5-8-18/h10-11H,4-9H2,1-3H3,(H,15,16,17). The number of likely N-dealkylation sites (tertiary alicyclic amines) is 1. The van der Waals surface area contributed by atoms with E-state index >= 15 is 0 Å². The van der Waals surface area contributed by atoms with E-state index < -0.39 is 0 Å². The minimum absolute atomic E-state index is 0.131. The van der Waals surface area contributed by atoms with Gasteiger partial charge in [0.05, 0.1) is 6.10 Å². The van der Waals surface area contributed by atoms with Gasteiger partial charge < -0.3 is 15.0 Å². The first-order valence-corrected chi connectivity index (χ1v) is 7.12. The van der Waals surface area contributed by atoms with Gasteiger partial charge in [-0.1, -0.05) is 0 Å². The highest BCUT2D eigenvalue weighted by Crippen LogP contribution is 2.13. The Morgan fingerprint density at radius 2 is 2.05 bits per heavy atom. The van der Waals surface area contributed by atoms with Crippen molar-refractivity contribution >= 4 is 5.95 Å². The number of hydrogen-bond acceptors (Lipinski definition) is 5. The third kappa shape index (κ3) is 4.67. The van der Waals surface area contributed by atoms with Crippen molar-refractivity contribution in [1.29, 1.82) is 0 Å². The van der Waals surface area contributed by atoms with Crippen LogP contribution in [0.5, 0.6) is 5.88 Å². The summed E-state index contributed by atoms with van der Waals surface area (Å²) in [7, 11) is 0. The highest BCUT2D eigenvalue weighted by atomic mass is 16.5. The van der Waals surface area contributed by atoms with Gasteiger partial charge >= 0.3 is 0 Å². The molecular weight excluding hydrogens is 240 g/mol. The number of hydrogen-bond donors (Lipinski definition) is 1. The Hall–Kier alpha value is -1.36. The molecule has 1 aromatic heterocycles. The zero-order chi connectivity index (χ0) is 13.7. The SMILES string of the molecule is Cc1cc(OC(C)C)nc(NCCN2CCCC2)n1. The molecule has 1 N–H and O–H groups in total. The summed E-state index contributed by atoms with van der Waals surface area (Å²) in [6, 6.07) is 1.87. The molecule has 1 aromatic rings. The summed E-state index contributed by atoms with van der Waals surface area (Å²) in [5.41, 5.74) is 0.925. The fourth-order valence-electron chi connectivity index (χ4n) is 2.25. The molecule has 5 heteroatoms. The van der Waals surface area contributed by atoms with Crippen molar-refractivity contribution < 1.29 is 4.74 Å². The molecule has 0 saturated carbocycles. The topological polar surface area (TPSA) is 50.3 Å². The second-order valence-electron chi connectivity index (χ2n) is 5.31. The maximum Gasteiger partial charge on any atom is 0.226 e. The Bertz CT molecular complexity index is 402. The first kappa shape index (κ1) is 14.1. The van der Waals surface area contributed by atoms with Crippen molar-refractivity contribution in [3.8, 4) is 5.88 Å². The van der Waals surface area contributed by atoms with Gasteiger partial charge in [-0.2, -0.15) is 4.98 Å². The van der Waals surface area contributed by atoms with Gasteiger partial charge in [-0.15, -0.1) is 0 Å². The van der Waals surface area contributed by atoms with Crippen LogP contribution in [0.1, 0.15) is 32.4 Å². The van der Waals surface area contributed by atoms with E-state index in [1.54, 1.807) is 0 Å². The summed E-state index contributed by atoms with van der Waals surface area (Å²) in [5.74, 6) is 1.31. The molecule has 0 aliphatic carbocycles. The largest absolute Gasteiger partial charge is 0.475 e. The summed E-state index contributed by atoms with van der Waals surface area (Å²) < 4.78 is 5.61. The molecule has 1 aliphatic rings. The van der Waals surface area contributed by atoms with E-state index in [2.05, 4.69) is 20.2 Å². The monoisotopic (exact) mass is 264 g/mol. The van der Waals surface area contributed by atoms with E-state index in [9.17, 15) is 0 Å². The lowest BCUT2D eigenvalue weighted by molar-refractivity contribution is 0.232. The molecule has 0 bridgehead atoms. The van der Waals surface area contributed by atoms with Crippen LogP contribution in [0.3, 0.4) is 0 Å². The van der Waals surface area contributed by atoms with E-state index in [0.717, 1.165) is 18.8 Å². The Balaban J connectivity index is 1.86. The predicted octanol–water partition coefficient (Wildman–Crippen LogP) is 2.08. The molecule has 0 spiro atoms. The second-order valence-corrected chi connectivity index (χ2v) is 5.31. The van der Waals surface area contributed by atoms with Crippen LogP contribution in [-0.4, -0.2) is 47.2 Å². The Kier molecular flexibility index (Phi) is 4.96. The number of ether oxygens (including phenoxy) is 1. The van der Waals surface area contributed by atoms with E-state index in [-0.39, 0.29) is 6.10 Å². The molecule has 0 atom stereocenters. The quantitative estimate of drug-likeness (QED) is 0.852. The minimum atomic E-state index is 0.131. The lowest BCUT2D eigenvalue weighted by atomic mass is 10.4. The minimum Gasteiger partial charge on any atom is -0.475 e. The number of rotatable bonds is 6. The van der Waals surface area contributed by atoms with Crippen LogP contribution in [0.2, 0.25) is 0 Å². The van der Waals surface area contributed by atoms with Crippen LogP contribution in [0, 0.1) is 6.92 Å². The van der Waals surface area contributed by atoms with Gasteiger partial charge in [-0.05, 0) is 46.7 Å². The number of aryl methyl sites for hydroxylation is 1.